The summed E-state index contributed by atoms with van der Waals surface area (Å²) in [7, 11) is 1.99. The number of amides is 1. The van der Waals surface area contributed by atoms with Gasteiger partial charge in [-0.1, -0.05) is 19.9 Å². The molecule has 2 fully saturated rings. The zero-order valence-electron chi connectivity index (χ0n) is 20.7. The van der Waals surface area contributed by atoms with Crippen LogP contribution in [0.25, 0.3) is 0 Å². The number of aliphatic hydroxyl groups is 1. The van der Waals surface area contributed by atoms with E-state index in [2.05, 4.69) is 10.2 Å². The van der Waals surface area contributed by atoms with E-state index in [-0.39, 0.29) is 42.8 Å². The molecule has 0 aromatic heterocycles. The van der Waals surface area contributed by atoms with Gasteiger partial charge in [0.2, 0.25) is 5.91 Å². The van der Waals surface area contributed by atoms with Gasteiger partial charge in [0.1, 0.15) is 6.04 Å². The van der Waals surface area contributed by atoms with Crippen molar-refractivity contribution in [1.29, 1.82) is 0 Å². The van der Waals surface area contributed by atoms with Crippen molar-refractivity contribution in [1.82, 2.24) is 10.2 Å². The van der Waals surface area contributed by atoms with Gasteiger partial charge in [-0.15, -0.1) is 0 Å². The summed E-state index contributed by atoms with van der Waals surface area (Å²) in [6, 6.07) is 2.34. The number of ketones is 1. The molecule has 3 N–H and O–H groups in total. The van der Waals surface area contributed by atoms with E-state index >= 15 is 0 Å². The van der Waals surface area contributed by atoms with Crippen LogP contribution in [0.3, 0.4) is 0 Å². The topological polar surface area (TPSA) is 142 Å². The lowest BCUT2D eigenvalue weighted by Crippen LogP contribution is -2.76. The Labute approximate surface area is 208 Å². The van der Waals surface area contributed by atoms with Crippen LogP contribution in [-0.2, 0) is 31.0 Å². The number of nitrogens with zero attached hydrogens (tertiary/aromatic N) is 1. The molecular weight excluding hydrogens is 468 g/mol. The van der Waals surface area contributed by atoms with Gasteiger partial charge in [-0.05, 0) is 50.4 Å². The number of rotatable bonds is 7. The minimum Gasteiger partial charge on any atom is -0.480 e. The summed E-state index contributed by atoms with van der Waals surface area (Å²) in [6.45, 7) is 4.08. The molecule has 1 spiro atoms. The fraction of sp³-hybridized carbons (Fsp3) is 0.615. The highest BCUT2D eigenvalue weighted by Crippen LogP contribution is 2.64. The molecule has 2 bridgehead atoms. The van der Waals surface area contributed by atoms with Crippen LogP contribution < -0.4 is 14.8 Å². The first kappa shape index (κ1) is 24.7. The van der Waals surface area contributed by atoms with Gasteiger partial charge in [-0.3, -0.25) is 14.4 Å². The van der Waals surface area contributed by atoms with E-state index in [9.17, 15) is 29.4 Å². The molecule has 2 aliphatic carbocycles. The van der Waals surface area contributed by atoms with Crippen molar-refractivity contribution in [2.24, 2.45) is 5.92 Å². The molecule has 0 radical (unpaired) electrons. The highest BCUT2D eigenvalue weighted by molar-refractivity contribution is 5.90. The maximum Gasteiger partial charge on any atom is 0.326 e. The Morgan fingerprint density at radius 1 is 1.25 bits per heavy atom. The number of likely N-dealkylation sites (N-methyl/N-ethyl adjacent to an activating group) is 1. The number of carboxylic acid groups (broad SMARTS) is 1. The Morgan fingerprint density at radius 3 is 2.69 bits per heavy atom. The molecule has 2 heterocycles. The summed E-state index contributed by atoms with van der Waals surface area (Å²) in [5.74, 6) is -2.23. The molecule has 1 aromatic carbocycles. The molecule has 10 heteroatoms. The predicted octanol–water partition coefficient (Wildman–Crippen LogP) is 0.951. The van der Waals surface area contributed by atoms with E-state index in [4.69, 9.17) is 9.47 Å². The number of aliphatic carboxylic acids is 1. The standard InChI is InChI=1S/C26H32N2O8/c1-13(2)21(24(32)33)27-18(30)6-7-19(31)35-16-5-4-14-12-17-26(34)9-8-15(29)23-25(26,10-11-28(17)3)20(14)22(16)36-23/h4-5,13,17,21,23,34H,6-12H2,1-3H3,(H,27,30)(H,32,33). The van der Waals surface area contributed by atoms with E-state index in [1.807, 2.05) is 13.1 Å². The largest absolute Gasteiger partial charge is 0.480 e. The number of carbonyl (C=O) groups is 4. The molecular formula is C26H32N2O8. The van der Waals surface area contributed by atoms with Crippen LogP contribution in [0.2, 0.25) is 0 Å². The van der Waals surface area contributed by atoms with Crippen molar-refractivity contribution in [3.63, 3.8) is 0 Å². The van der Waals surface area contributed by atoms with Crippen molar-refractivity contribution < 1.29 is 38.9 Å². The number of hydrogen-bond donors (Lipinski definition) is 3. The van der Waals surface area contributed by atoms with E-state index in [0.717, 1.165) is 11.1 Å². The zero-order chi connectivity index (χ0) is 26.0. The van der Waals surface area contributed by atoms with E-state index in [0.29, 0.717) is 31.6 Å². The number of Topliss-reactive ketones (excluding diaryl/α,β-unsaturated/α-hetero) is 1. The lowest BCUT2D eigenvalue weighted by Gasteiger charge is -2.62. The summed E-state index contributed by atoms with van der Waals surface area (Å²) in [5, 5.41) is 23.7. The summed E-state index contributed by atoms with van der Waals surface area (Å²) in [5.41, 5.74) is -0.227. The van der Waals surface area contributed by atoms with Gasteiger partial charge in [0.25, 0.3) is 0 Å². The number of benzene rings is 1. The normalized spacial score (nSPS) is 30.9. The molecule has 5 rings (SSSR count). The van der Waals surface area contributed by atoms with Crippen molar-refractivity contribution >= 4 is 23.6 Å². The van der Waals surface area contributed by atoms with Crippen LogP contribution in [0.5, 0.6) is 11.5 Å². The number of carbonyl (C=O) groups excluding carboxylic acids is 3. The van der Waals surface area contributed by atoms with Crippen molar-refractivity contribution in [2.75, 3.05) is 13.6 Å². The fourth-order valence-corrected chi connectivity index (χ4v) is 6.75. The summed E-state index contributed by atoms with van der Waals surface area (Å²) in [4.78, 5) is 51.3. The molecule has 1 aromatic rings. The van der Waals surface area contributed by atoms with Gasteiger partial charge in [-0.2, -0.15) is 0 Å². The number of hydrogen-bond acceptors (Lipinski definition) is 8. The summed E-state index contributed by atoms with van der Waals surface area (Å²) < 4.78 is 11.8. The molecule has 5 unspecified atom stereocenters. The average Bonchev–Trinajstić information content (AvgIpc) is 3.18. The smallest absolute Gasteiger partial charge is 0.326 e. The number of esters is 1. The lowest BCUT2D eigenvalue weighted by atomic mass is 9.49. The molecule has 194 valence electrons. The molecule has 2 aliphatic heterocycles. The molecule has 1 saturated carbocycles. The highest BCUT2D eigenvalue weighted by Gasteiger charge is 2.72. The molecule has 1 amide bonds. The van der Waals surface area contributed by atoms with E-state index in [1.165, 1.54) is 0 Å². The number of carboxylic acids is 1. The van der Waals surface area contributed by atoms with Gasteiger partial charge < -0.3 is 29.9 Å². The van der Waals surface area contributed by atoms with Crippen molar-refractivity contribution in [3.8, 4) is 11.5 Å². The first-order chi connectivity index (χ1) is 17.0. The summed E-state index contributed by atoms with van der Waals surface area (Å²) in [6.07, 6.45) is 0.463. The van der Waals surface area contributed by atoms with Crippen LogP contribution in [0.4, 0.5) is 0 Å². The Morgan fingerprint density at radius 2 is 2.00 bits per heavy atom. The van der Waals surface area contributed by atoms with Gasteiger partial charge in [0, 0.05) is 24.4 Å². The molecule has 5 atom stereocenters. The molecule has 10 nitrogen and oxygen atoms in total. The Bertz CT molecular complexity index is 1150. The first-order valence-electron chi connectivity index (χ1n) is 12.5. The third-order valence-electron chi connectivity index (χ3n) is 8.54. The van der Waals surface area contributed by atoms with E-state index in [1.54, 1.807) is 19.9 Å². The van der Waals surface area contributed by atoms with E-state index < -0.39 is 41.0 Å². The quantitative estimate of drug-likeness (QED) is 0.368. The second-order valence-electron chi connectivity index (χ2n) is 10.8. The SMILES string of the molecule is CC(C)C(NC(=O)CCC(=O)Oc1ccc2c3c1OC1C(=O)CCC4(O)C(C2)N(C)CCC314)C(=O)O. The maximum absolute atomic E-state index is 13.0. The second kappa shape index (κ2) is 8.55. The molecule has 1 saturated heterocycles. The van der Waals surface area contributed by atoms with Crippen LogP contribution >= 0.6 is 0 Å². The Hall–Kier alpha value is -2.98. The van der Waals surface area contributed by atoms with Crippen LogP contribution in [-0.4, -0.2) is 76.1 Å². The summed E-state index contributed by atoms with van der Waals surface area (Å²) >= 11 is 0. The minimum absolute atomic E-state index is 0.0564. The van der Waals surface area contributed by atoms with Crippen molar-refractivity contribution in [2.45, 2.75) is 81.6 Å². The average molecular weight is 501 g/mol. The Kier molecular flexibility index (Phi) is 5.87. The van der Waals surface area contributed by atoms with Gasteiger partial charge >= 0.3 is 11.9 Å². The molecule has 4 aliphatic rings. The predicted molar refractivity (Wildman–Crippen MR) is 126 cm³/mol. The van der Waals surface area contributed by atoms with Gasteiger partial charge in [0.15, 0.2) is 23.4 Å². The minimum atomic E-state index is -1.14. The third-order valence-corrected chi connectivity index (χ3v) is 8.54. The fourth-order valence-electron chi connectivity index (χ4n) is 6.75. The van der Waals surface area contributed by atoms with Crippen molar-refractivity contribution in [3.05, 3.63) is 23.3 Å². The van der Waals surface area contributed by atoms with Gasteiger partial charge in [0.05, 0.1) is 17.4 Å². The zero-order valence-corrected chi connectivity index (χ0v) is 20.7. The van der Waals surface area contributed by atoms with Crippen LogP contribution in [0.15, 0.2) is 12.1 Å². The third kappa shape index (κ3) is 3.45. The van der Waals surface area contributed by atoms with Crippen LogP contribution in [0.1, 0.15) is 57.1 Å². The van der Waals surface area contributed by atoms with Crippen LogP contribution in [0, 0.1) is 5.92 Å². The lowest BCUT2D eigenvalue weighted by molar-refractivity contribution is -0.185. The first-order valence-corrected chi connectivity index (χ1v) is 12.5. The number of ether oxygens (including phenoxy) is 2. The number of likely N-dealkylation sites (tertiary alicyclic amines) is 1. The second-order valence-corrected chi connectivity index (χ2v) is 10.8. The Balaban J connectivity index is 1.37. The number of piperidine rings is 1. The monoisotopic (exact) mass is 500 g/mol. The van der Waals surface area contributed by atoms with Gasteiger partial charge in [-0.25, -0.2) is 4.79 Å². The highest BCUT2D eigenvalue weighted by atomic mass is 16.6. The maximum atomic E-state index is 13.0. The number of nitrogens with one attached hydrogen (secondary N) is 1. The molecule has 36 heavy (non-hydrogen) atoms.